The van der Waals surface area contributed by atoms with Crippen LogP contribution in [0, 0.1) is 0 Å². The lowest BCUT2D eigenvalue weighted by atomic mass is 9.83. The average molecular weight is 388 g/mol. The van der Waals surface area contributed by atoms with Crippen LogP contribution in [0.5, 0.6) is 0 Å². The summed E-state index contributed by atoms with van der Waals surface area (Å²) in [6, 6.07) is 1.41. The number of H-pyrrole nitrogens is 1. The molecule has 1 aliphatic carbocycles. The molecule has 1 spiro atoms. The number of fused-ring (bicyclic) bond motifs is 2. The number of nitrogens with zero attached hydrogens (tertiary/aromatic N) is 6. The van der Waals surface area contributed by atoms with Crippen molar-refractivity contribution in [1.29, 1.82) is 0 Å². The quantitative estimate of drug-likeness (QED) is 0.578. The standard InChI is InChI=1S/C15H14ClN9O2/c1-24-15(3-2-4-15)20-13(26)10-7(16)5-8(14(27)25(10)24)19-11-9-12(18-6-17-11)22-23-21-9/h5-6H,2-4H2,1H3,(H,20,26)(H2,17,18,19,21,22,23). The molecule has 1 amide bonds. The number of rotatable bonds is 2. The molecule has 1 saturated carbocycles. The van der Waals surface area contributed by atoms with Crippen molar-refractivity contribution in [1.82, 2.24) is 35.4 Å². The molecule has 12 heteroatoms. The summed E-state index contributed by atoms with van der Waals surface area (Å²) in [5.74, 6) is -0.0499. The van der Waals surface area contributed by atoms with Crippen molar-refractivity contribution in [2.45, 2.75) is 24.9 Å². The van der Waals surface area contributed by atoms with Gasteiger partial charge < -0.3 is 10.6 Å². The number of amides is 1. The molecule has 5 rings (SSSR count). The Balaban J connectivity index is 1.66. The molecule has 0 aromatic carbocycles. The number of hydrogen-bond acceptors (Lipinski definition) is 8. The van der Waals surface area contributed by atoms with E-state index in [-0.39, 0.29) is 22.3 Å². The lowest BCUT2D eigenvalue weighted by molar-refractivity contribution is 0.0700. The first kappa shape index (κ1) is 16.0. The Hall–Kier alpha value is -3.21. The Morgan fingerprint density at radius 3 is 2.85 bits per heavy atom. The zero-order chi connectivity index (χ0) is 18.8. The van der Waals surface area contributed by atoms with Crippen LogP contribution in [-0.4, -0.2) is 48.7 Å². The second-order valence-electron chi connectivity index (χ2n) is 6.59. The van der Waals surface area contributed by atoms with Gasteiger partial charge in [-0.3, -0.25) is 14.6 Å². The van der Waals surface area contributed by atoms with Gasteiger partial charge in [-0.05, 0) is 25.3 Å². The van der Waals surface area contributed by atoms with Crippen LogP contribution in [0.25, 0.3) is 11.2 Å². The highest BCUT2D eigenvalue weighted by molar-refractivity contribution is 6.34. The number of carbonyl (C=O) groups is 1. The fraction of sp³-hybridized carbons (Fsp3) is 0.333. The van der Waals surface area contributed by atoms with Crippen LogP contribution in [-0.2, 0) is 0 Å². The fourth-order valence-corrected chi connectivity index (χ4v) is 3.83. The van der Waals surface area contributed by atoms with Gasteiger partial charge in [0.05, 0.1) is 5.02 Å². The maximum absolute atomic E-state index is 13.2. The first-order valence-corrected chi connectivity index (χ1v) is 8.69. The smallest absolute Gasteiger partial charge is 0.293 e. The summed E-state index contributed by atoms with van der Waals surface area (Å²) in [6.45, 7) is 0. The zero-order valence-corrected chi connectivity index (χ0v) is 14.9. The number of carbonyl (C=O) groups excluding carboxylic acids is 1. The molecule has 4 heterocycles. The van der Waals surface area contributed by atoms with Crippen molar-refractivity contribution in [2.24, 2.45) is 0 Å². The topological polar surface area (TPSA) is 134 Å². The summed E-state index contributed by atoms with van der Waals surface area (Å²) in [6.07, 6.45) is 3.83. The minimum absolute atomic E-state index is 0.113. The summed E-state index contributed by atoms with van der Waals surface area (Å²) < 4.78 is 1.32. The van der Waals surface area contributed by atoms with Crippen molar-refractivity contribution < 1.29 is 4.79 Å². The highest BCUT2D eigenvalue weighted by atomic mass is 35.5. The Bertz CT molecular complexity index is 1150. The summed E-state index contributed by atoms with van der Waals surface area (Å²) in [4.78, 5) is 33.9. The molecule has 0 saturated heterocycles. The van der Waals surface area contributed by atoms with E-state index >= 15 is 0 Å². The summed E-state index contributed by atoms with van der Waals surface area (Å²) in [5.41, 5.74) is 0.140. The van der Waals surface area contributed by atoms with Crippen LogP contribution >= 0.6 is 11.6 Å². The second kappa shape index (κ2) is 5.39. The van der Waals surface area contributed by atoms with E-state index in [0.29, 0.717) is 17.0 Å². The SMILES string of the molecule is CN1n2c(c(Cl)cc(Nc3ncnc4[nH]nnc34)c2=O)C(=O)NC12CCC2. The number of aromatic amines is 1. The highest BCUT2D eigenvalue weighted by Crippen LogP contribution is 2.37. The predicted octanol–water partition coefficient (Wildman–Crippen LogP) is 0.498. The minimum atomic E-state index is -0.551. The van der Waals surface area contributed by atoms with E-state index in [9.17, 15) is 9.59 Å². The van der Waals surface area contributed by atoms with Gasteiger partial charge in [-0.15, -0.1) is 5.10 Å². The van der Waals surface area contributed by atoms with E-state index in [4.69, 9.17) is 11.6 Å². The zero-order valence-electron chi connectivity index (χ0n) is 14.2. The van der Waals surface area contributed by atoms with E-state index in [2.05, 4.69) is 36.0 Å². The maximum atomic E-state index is 13.2. The van der Waals surface area contributed by atoms with Gasteiger partial charge in [-0.2, -0.15) is 0 Å². The lowest BCUT2D eigenvalue weighted by Gasteiger charge is -2.53. The Morgan fingerprint density at radius 2 is 2.11 bits per heavy atom. The lowest BCUT2D eigenvalue weighted by Crippen LogP contribution is -2.72. The third-order valence-electron chi connectivity index (χ3n) is 5.17. The normalized spacial score (nSPS) is 17.6. The third kappa shape index (κ3) is 2.14. The van der Waals surface area contributed by atoms with Gasteiger partial charge in [0.25, 0.3) is 11.5 Å². The van der Waals surface area contributed by atoms with Crippen LogP contribution in [0.1, 0.15) is 29.8 Å². The van der Waals surface area contributed by atoms with Crippen molar-refractivity contribution in [2.75, 3.05) is 17.4 Å². The predicted molar refractivity (Wildman–Crippen MR) is 96.7 cm³/mol. The molecule has 3 aromatic rings. The van der Waals surface area contributed by atoms with Crippen molar-refractivity contribution in [3.63, 3.8) is 0 Å². The first-order valence-electron chi connectivity index (χ1n) is 8.31. The van der Waals surface area contributed by atoms with E-state index in [1.165, 1.54) is 17.1 Å². The largest absolute Gasteiger partial charge is 0.334 e. The molecule has 3 N–H and O–H groups in total. The van der Waals surface area contributed by atoms with Gasteiger partial charge >= 0.3 is 0 Å². The molecule has 0 bridgehead atoms. The number of halogens is 1. The van der Waals surface area contributed by atoms with E-state index in [1.807, 2.05) is 0 Å². The second-order valence-corrected chi connectivity index (χ2v) is 7.00. The van der Waals surface area contributed by atoms with E-state index in [1.54, 1.807) is 12.1 Å². The number of aromatic nitrogens is 6. The number of nitrogens with one attached hydrogen (secondary N) is 3. The molecule has 1 aliphatic heterocycles. The molecule has 2 aliphatic rings. The number of pyridine rings is 1. The van der Waals surface area contributed by atoms with Crippen molar-refractivity contribution in [3.05, 3.63) is 33.5 Å². The Morgan fingerprint density at radius 1 is 1.30 bits per heavy atom. The van der Waals surface area contributed by atoms with Gasteiger partial charge in [0.1, 0.15) is 23.4 Å². The van der Waals surface area contributed by atoms with Gasteiger partial charge in [0.15, 0.2) is 17.0 Å². The van der Waals surface area contributed by atoms with Crippen LogP contribution in [0.3, 0.4) is 0 Å². The molecule has 3 aromatic heterocycles. The minimum Gasteiger partial charge on any atom is -0.334 e. The average Bonchev–Trinajstić information content (AvgIpc) is 3.09. The monoisotopic (exact) mass is 387 g/mol. The summed E-state index contributed by atoms with van der Waals surface area (Å²) in [7, 11) is 1.77. The molecule has 11 nitrogen and oxygen atoms in total. The van der Waals surface area contributed by atoms with Crippen LogP contribution in [0.2, 0.25) is 5.02 Å². The molecule has 0 unspecified atom stereocenters. The Labute approximate surface area is 156 Å². The van der Waals surface area contributed by atoms with E-state index < -0.39 is 11.2 Å². The van der Waals surface area contributed by atoms with Gasteiger partial charge in [0.2, 0.25) is 0 Å². The van der Waals surface area contributed by atoms with Gasteiger partial charge in [-0.1, -0.05) is 16.8 Å². The van der Waals surface area contributed by atoms with Crippen molar-refractivity contribution in [3.8, 4) is 0 Å². The van der Waals surface area contributed by atoms with Crippen LogP contribution < -0.4 is 21.2 Å². The first-order chi connectivity index (χ1) is 13.0. The van der Waals surface area contributed by atoms with Gasteiger partial charge in [0, 0.05) is 7.05 Å². The maximum Gasteiger partial charge on any atom is 0.293 e. The molecule has 27 heavy (non-hydrogen) atoms. The molecule has 1 fully saturated rings. The molecule has 138 valence electrons. The third-order valence-corrected chi connectivity index (χ3v) is 5.46. The molecular formula is C15H14ClN9O2. The Kier molecular flexibility index (Phi) is 3.20. The molecule has 0 atom stereocenters. The molecule has 0 radical (unpaired) electrons. The number of hydrogen-bond donors (Lipinski definition) is 3. The van der Waals surface area contributed by atoms with E-state index in [0.717, 1.165) is 19.3 Å². The summed E-state index contributed by atoms with van der Waals surface area (Å²) in [5, 5.41) is 18.1. The highest BCUT2D eigenvalue weighted by Gasteiger charge is 2.48. The van der Waals surface area contributed by atoms with Gasteiger partial charge in [-0.25, -0.2) is 19.7 Å². The van der Waals surface area contributed by atoms with Crippen LogP contribution in [0.4, 0.5) is 11.5 Å². The number of anilines is 2. The van der Waals surface area contributed by atoms with Crippen LogP contribution in [0.15, 0.2) is 17.2 Å². The molecular weight excluding hydrogens is 374 g/mol. The summed E-state index contributed by atoms with van der Waals surface area (Å²) >= 11 is 6.34. The van der Waals surface area contributed by atoms with Crippen molar-refractivity contribution >= 4 is 40.2 Å². The fourth-order valence-electron chi connectivity index (χ4n) is 3.55.